The highest BCUT2D eigenvalue weighted by Crippen LogP contribution is 2.21. The summed E-state index contributed by atoms with van der Waals surface area (Å²) < 4.78 is 18.2. The van der Waals surface area contributed by atoms with E-state index in [2.05, 4.69) is 20.2 Å². The van der Waals surface area contributed by atoms with Gasteiger partial charge in [-0.25, -0.2) is 0 Å². The van der Waals surface area contributed by atoms with Crippen molar-refractivity contribution >= 4 is 16.3 Å². The molecule has 1 fully saturated rings. The molecule has 0 spiro atoms. The van der Waals surface area contributed by atoms with Gasteiger partial charge in [0.25, 0.3) is 0 Å². The van der Waals surface area contributed by atoms with Crippen LogP contribution >= 0.6 is 11.3 Å². The molecular weight excluding hydrogens is 342 g/mol. The molecule has 0 aliphatic carbocycles. The van der Waals surface area contributed by atoms with Crippen LogP contribution in [-0.4, -0.2) is 58.1 Å². The van der Waals surface area contributed by atoms with Crippen LogP contribution in [0.25, 0.3) is 4.96 Å². The highest BCUT2D eigenvalue weighted by Gasteiger charge is 2.17. The van der Waals surface area contributed by atoms with Crippen molar-refractivity contribution in [3.8, 4) is 11.5 Å². The van der Waals surface area contributed by atoms with Crippen LogP contribution in [0.2, 0.25) is 0 Å². The Bertz CT molecular complexity index is 843. The fourth-order valence-corrected chi connectivity index (χ4v) is 3.41. The highest BCUT2D eigenvalue weighted by molar-refractivity contribution is 7.16. The normalized spacial score (nSPS) is 15.6. The lowest BCUT2D eigenvalue weighted by Gasteiger charge is -2.25. The van der Waals surface area contributed by atoms with E-state index in [-0.39, 0.29) is 0 Å². The van der Waals surface area contributed by atoms with Gasteiger partial charge < -0.3 is 14.2 Å². The topological polar surface area (TPSA) is 74.0 Å². The van der Waals surface area contributed by atoms with Gasteiger partial charge in [0.05, 0.1) is 26.9 Å². The minimum atomic E-state index is 0.387. The number of ether oxygens (including phenoxy) is 3. The zero-order chi connectivity index (χ0) is 17.1. The molecule has 0 N–H and O–H groups in total. The first-order valence-corrected chi connectivity index (χ1v) is 8.90. The lowest BCUT2D eigenvalue weighted by molar-refractivity contribution is 0.0328. The zero-order valence-electron chi connectivity index (χ0n) is 13.9. The minimum Gasteiger partial charge on any atom is -0.497 e. The van der Waals surface area contributed by atoms with Gasteiger partial charge in [0.2, 0.25) is 4.96 Å². The van der Waals surface area contributed by atoms with Gasteiger partial charge >= 0.3 is 0 Å². The van der Waals surface area contributed by atoms with Crippen LogP contribution < -0.4 is 9.47 Å². The molecule has 132 valence electrons. The van der Waals surface area contributed by atoms with Crippen molar-refractivity contribution in [3.05, 3.63) is 35.1 Å². The lowest BCUT2D eigenvalue weighted by Crippen LogP contribution is -2.36. The Morgan fingerprint density at radius 3 is 2.88 bits per heavy atom. The van der Waals surface area contributed by atoms with Gasteiger partial charge in [0.15, 0.2) is 10.8 Å². The first kappa shape index (κ1) is 16.2. The Morgan fingerprint density at radius 2 is 2.04 bits per heavy atom. The van der Waals surface area contributed by atoms with Crippen molar-refractivity contribution in [2.45, 2.75) is 13.2 Å². The summed E-state index contributed by atoms with van der Waals surface area (Å²) in [7, 11) is 1.64. The van der Waals surface area contributed by atoms with Crippen molar-refractivity contribution in [1.82, 2.24) is 24.7 Å². The fourth-order valence-electron chi connectivity index (χ4n) is 2.65. The summed E-state index contributed by atoms with van der Waals surface area (Å²) in [5, 5.41) is 13.9. The summed E-state index contributed by atoms with van der Waals surface area (Å²) in [5.74, 6) is 2.36. The van der Waals surface area contributed by atoms with Crippen LogP contribution in [0.15, 0.2) is 24.3 Å². The van der Waals surface area contributed by atoms with Crippen LogP contribution in [0.1, 0.15) is 10.8 Å². The molecule has 3 heterocycles. The smallest absolute Gasteiger partial charge is 0.234 e. The summed E-state index contributed by atoms with van der Waals surface area (Å²) in [6.07, 6.45) is 0. The van der Waals surface area contributed by atoms with Crippen LogP contribution in [0.4, 0.5) is 0 Å². The second kappa shape index (κ2) is 7.34. The van der Waals surface area contributed by atoms with Crippen molar-refractivity contribution in [1.29, 1.82) is 0 Å². The molecule has 0 unspecified atom stereocenters. The molecule has 1 aromatic carbocycles. The van der Waals surface area contributed by atoms with E-state index in [1.54, 1.807) is 7.11 Å². The predicted octanol–water partition coefficient (Wildman–Crippen LogP) is 1.61. The third-order valence-electron chi connectivity index (χ3n) is 3.97. The fraction of sp³-hybridized carbons (Fsp3) is 0.438. The molecule has 1 aliphatic rings. The van der Waals surface area contributed by atoms with Gasteiger partial charge in [-0.15, -0.1) is 10.2 Å². The molecule has 0 amide bonds. The van der Waals surface area contributed by atoms with Gasteiger partial charge in [0, 0.05) is 19.2 Å². The Hall–Kier alpha value is -2.23. The number of aromatic nitrogens is 4. The first-order valence-electron chi connectivity index (χ1n) is 8.09. The lowest BCUT2D eigenvalue weighted by atomic mass is 10.3. The second-order valence-corrected chi connectivity index (χ2v) is 6.70. The number of methoxy groups -OCH3 is 1. The molecule has 1 saturated heterocycles. The number of rotatable bonds is 6. The van der Waals surface area contributed by atoms with Crippen LogP contribution in [0, 0.1) is 0 Å². The zero-order valence-corrected chi connectivity index (χ0v) is 14.7. The Morgan fingerprint density at radius 1 is 1.20 bits per heavy atom. The molecule has 0 bridgehead atoms. The highest BCUT2D eigenvalue weighted by atomic mass is 32.1. The molecule has 8 nitrogen and oxygen atoms in total. The standard InChI is InChI=1S/C16H19N5O3S/c1-22-12-3-2-4-13(9-12)24-11-15-19-21-14(17-18-16(21)25-15)10-20-5-7-23-8-6-20/h2-4,9H,5-8,10-11H2,1H3. The maximum absolute atomic E-state index is 5.80. The number of hydrogen-bond donors (Lipinski definition) is 0. The van der Waals surface area contributed by atoms with Crippen molar-refractivity contribution < 1.29 is 14.2 Å². The van der Waals surface area contributed by atoms with Gasteiger partial charge in [-0.05, 0) is 12.1 Å². The van der Waals surface area contributed by atoms with E-state index in [0.717, 1.165) is 60.1 Å². The molecule has 0 atom stereocenters. The summed E-state index contributed by atoms with van der Waals surface area (Å²) in [5.41, 5.74) is 0. The molecule has 4 rings (SSSR count). The van der Waals surface area contributed by atoms with Gasteiger partial charge in [0.1, 0.15) is 18.1 Å². The second-order valence-electron chi connectivity index (χ2n) is 5.66. The summed E-state index contributed by atoms with van der Waals surface area (Å²) in [6, 6.07) is 7.53. The van der Waals surface area contributed by atoms with E-state index in [4.69, 9.17) is 14.2 Å². The van der Waals surface area contributed by atoms with Gasteiger partial charge in [-0.1, -0.05) is 17.4 Å². The number of morpholine rings is 1. The van der Waals surface area contributed by atoms with Crippen molar-refractivity contribution in [2.75, 3.05) is 33.4 Å². The summed E-state index contributed by atoms with van der Waals surface area (Å²) in [4.78, 5) is 3.08. The maximum Gasteiger partial charge on any atom is 0.234 e. The van der Waals surface area contributed by atoms with E-state index in [9.17, 15) is 0 Å². The number of nitrogens with zero attached hydrogens (tertiary/aromatic N) is 5. The van der Waals surface area contributed by atoms with E-state index in [1.165, 1.54) is 11.3 Å². The van der Waals surface area contributed by atoms with E-state index in [1.807, 2.05) is 28.8 Å². The minimum absolute atomic E-state index is 0.387. The molecule has 0 saturated carbocycles. The molecular formula is C16H19N5O3S. The first-order chi connectivity index (χ1) is 12.3. The number of fused-ring (bicyclic) bond motifs is 1. The average Bonchev–Trinajstić information content (AvgIpc) is 3.23. The third-order valence-corrected chi connectivity index (χ3v) is 4.84. The molecule has 9 heteroatoms. The third kappa shape index (κ3) is 3.73. The maximum atomic E-state index is 5.80. The van der Waals surface area contributed by atoms with Gasteiger partial charge in [-0.3, -0.25) is 4.90 Å². The number of benzene rings is 1. The van der Waals surface area contributed by atoms with Crippen LogP contribution in [0.3, 0.4) is 0 Å². The average molecular weight is 361 g/mol. The SMILES string of the molecule is COc1cccc(OCc2nn3c(CN4CCOCC4)nnc3s2)c1. The molecule has 2 aromatic heterocycles. The molecule has 3 aromatic rings. The monoisotopic (exact) mass is 361 g/mol. The van der Waals surface area contributed by atoms with E-state index >= 15 is 0 Å². The van der Waals surface area contributed by atoms with E-state index < -0.39 is 0 Å². The largest absolute Gasteiger partial charge is 0.497 e. The van der Waals surface area contributed by atoms with Crippen molar-refractivity contribution in [3.63, 3.8) is 0 Å². The molecule has 25 heavy (non-hydrogen) atoms. The quantitative estimate of drug-likeness (QED) is 0.660. The van der Waals surface area contributed by atoms with Crippen LogP contribution in [0.5, 0.6) is 11.5 Å². The summed E-state index contributed by atoms with van der Waals surface area (Å²) >= 11 is 1.49. The van der Waals surface area contributed by atoms with Gasteiger partial charge in [-0.2, -0.15) is 9.61 Å². The Labute approximate surface area is 148 Å². The molecule has 1 aliphatic heterocycles. The molecule has 0 radical (unpaired) electrons. The summed E-state index contributed by atoms with van der Waals surface area (Å²) in [6.45, 7) is 4.45. The Kier molecular flexibility index (Phi) is 4.77. The Balaban J connectivity index is 1.44. The van der Waals surface area contributed by atoms with E-state index in [0.29, 0.717) is 6.61 Å². The van der Waals surface area contributed by atoms with Crippen LogP contribution in [-0.2, 0) is 17.9 Å². The predicted molar refractivity (Wildman–Crippen MR) is 92.1 cm³/mol. The van der Waals surface area contributed by atoms with Crippen molar-refractivity contribution in [2.24, 2.45) is 0 Å². The number of hydrogen-bond acceptors (Lipinski definition) is 8.